The minimum atomic E-state index is -0.408. The lowest BCUT2D eigenvalue weighted by Crippen LogP contribution is -2.34. The SMILES string of the molecule is N#Cc1cc(F)ccc1NC1CC(c2ccc(F)cc2)C1. The van der Waals surface area contributed by atoms with Gasteiger partial charge in [0.15, 0.2) is 0 Å². The van der Waals surface area contributed by atoms with Crippen molar-refractivity contribution in [3.05, 3.63) is 65.2 Å². The minimum Gasteiger partial charge on any atom is -0.381 e. The predicted molar refractivity (Wildman–Crippen MR) is 76.9 cm³/mol. The number of nitriles is 1. The summed E-state index contributed by atoms with van der Waals surface area (Å²) in [6, 6.07) is 13.0. The number of hydrogen-bond acceptors (Lipinski definition) is 2. The molecule has 1 aliphatic carbocycles. The number of nitrogens with one attached hydrogen (secondary N) is 1. The van der Waals surface area contributed by atoms with Crippen molar-refractivity contribution in [2.24, 2.45) is 0 Å². The van der Waals surface area contributed by atoms with Crippen LogP contribution < -0.4 is 5.32 Å². The van der Waals surface area contributed by atoms with E-state index in [0.29, 0.717) is 17.2 Å². The normalized spacial score (nSPS) is 20.4. The standard InChI is InChI=1S/C17H14F2N2/c18-14-3-1-11(2-4-14)12-8-16(9-12)21-17-6-5-15(19)7-13(17)10-20/h1-7,12,16,21H,8-9H2. The van der Waals surface area contributed by atoms with Gasteiger partial charge >= 0.3 is 0 Å². The Hall–Kier alpha value is -2.41. The molecule has 106 valence electrons. The smallest absolute Gasteiger partial charge is 0.124 e. The molecule has 0 atom stereocenters. The van der Waals surface area contributed by atoms with E-state index in [0.717, 1.165) is 18.4 Å². The van der Waals surface area contributed by atoms with Gasteiger partial charge < -0.3 is 5.32 Å². The highest BCUT2D eigenvalue weighted by Gasteiger charge is 2.30. The van der Waals surface area contributed by atoms with E-state index in [-0.39, 0.29) is 11.9 Å². The zero-order valence-electron chi connectivity index (χ0n) is 11.3. The first-order chi connectivity index (χ1) is 10.2. The summed E-state index contributed by atoms with van der Waals surface area (Å²) in [5.41, 5.74) is 2.12. The average Bonchev–Trinajstić information content (AvgIpc) is 2.45. The Labute approximate surface area is 122 Å². The van der Waals surface area contributed by atoms with Crippen LogP contribution in [0.3, 0.4) is 0 Å². The highest BCUT2D eigenvalue weighted by molar-refractivity contribution is 5.58. The Bertz CT molecular complexity index is 683. The van der Waals surface area contributed by atoms with Crippen LogP contribution in [0.1, 0.15) is 29.9 Å². The molecule has 1 fully saturated rings. The van der Waals surface area contributed by atoms with E-state index < -0.39 is 5.82 Å². The first-order valence-corrected chi connectivity index (χ1v) is 6.87. The first-order valence-electron chi connectivity index (χ1n) is 6.87. The quantitative estimate of drug-likeness (QED) is 0.917. The van der Waals surface area contributed by atoms with Gasteiger partial charge in [0.1, 0.15) is 17.7 Å². The number of nitrogens with zero attached hydrogens (tertiary/aromatic N) is 1. The number of rotatable bonds is 3. The molecule has 1 N–H and O–H groups in total. The van der Waals surface area contributed by atoms with E-state index in [1.54, 1.807) is 6.07 Å². The fourth-order valence-electron chi connectivity index (χ4n) is 2.70. The van der Waals surface area contributed by atoms with Crippen LogP contribution in [0.15, 0.2) is 42.5 Å². The van der Waals surface area contributed by atoms with Crippen molar-refractivity contribution < 1.29 is 8.78 Å². The van der Waals surface area contributed by atoms with Gasteiger partial charge in [-0.05, 0) is 54.7 Å². The Balaban J connectivity index is 1.63. The zero-order chi connectivity index (χ0) is 14.8. The van der Waals surface area contributed by atoms with Crippen LogP contribution in [0.2, 0.25) is 0 Å². The van der Waals surface area contributed by atoms with E-state index in [1.165, 1.54) is 24.3 Å². The van der Waals surface area contributed by atoms with Crippen LogP contribution in [0.5, 0.6) is 0 Å². The second-order valence-corrected chi connectivity index (χ2v) is 5.36. The fourth-order valence-corrected chi connectivity index (χ4v) is 2.70. The molecule has 2 aromatic rings. The largest absolute Gasteiger partial charge is 0.381 e. The third-order valence-corrected chi connectivity index (χ3v) is 3.94. The molecule has 1 aliphatic rings. The molecule has 2 aromatic carbocycles. The first kappa shape index (κ1) is 13.6. The van der Waals surface area contributed by atoms with Crippen molar-refractivity contribution in [2.75, 3.05) is 5.32 Å². The highest BCUT2D eigenvalue weighted by atomic mass is 19.1. The Morgan fingerprint density at radius 3 is 2.33 bits per heavy atom. The van der Waals surface area contributed by atoms with Crippen LogP contribution in [0.25, 0.3) is 0 Å². The van der Waals surface area contributed by atoms with Gasteiger partial charge in [0.05, 0.1) is 11.3 Å². The van der Waals surface area contributed by atoms with Gasteiger partial charge in [0, 0.05) is 6.04 Å². The second-order valence-electron chi connectivity index (χ2n) is 5.36. The Morgan fingerprint density at radius 2 is 1.67 bits per heavy atom. The van der Waals surface area contributed by atoms with Gasteiger partial charge in [-0.15, -0.1) is 0 Å². The van der Waals surface area contributed by atoms with Gasteiger partial charge in [0.25, 0.3) is 0 Å². The molecular formula is C17H14F2N2. The molecule has 3 rings (SSSR count). The molecule has 1 saturated carbocycles. The number of benzene rings is 2. The van der Waals surface area contributed by atoms with Gasteiger partial charge in [0.2, 0.25) is 0 Å². The molecule has 0 spiro atoms. The molecule has 0 aromatic heterocycles. The van der Waals surface area contributed by atoms with E-state index >= 15 is 0 Å². The van der Waals surface area contributed by atoms with Crippen LogP contribution >= 0.6 is 0 Å². The molecule has 4 heteroatoms. The summed E-state index contributed by atoms with van der Waals surface area (Å²) >= 11 is 0. The molecule has 2 nitrogen and oxygen atoms in total. The van der Waals surface area contributed by atoms with Crippen LogP contribution in [-0.2, 0) is 0 Å². The van der Waals surface area contributed by atoms with Crippen molar-refractivity contribution >= 4 is 5.69 Å². The number of hydrogen-bond donors (Lipinski definition) is 1. The molecule has 0 bridgehead atoms. The summed E-state index contributed by atoms with van der Waals surface area (Å²) in [5, 5.41) is 12.3. The Kier molecular flexibility index (Phi) is 3.57. The number of anilines is 1. The lowest BCUT2D eigenvalue weighted by Gasteiger charge is -2.37. The summed E-state index contributed by atoms with van der Waals surface area (Å²) in [5.74, 6) is -0.221. The summed E-state index contributed by atoms with van der Waals surface area (Å²) in [6.07, 6.45) is 1.85. The molecule has 21 heavy (non-hydrogen) atoms. The predicted octanol–water partition coefficient (Wildman–Crippen LogP) is 4.19. The Morgan fingerprint density at radius 1 is 1.00 bits per heavy atom. The molecule has 0 unspecified atom stereocenters. The lowest BCUT2D eigenvalue weighted by atomic mass is 9.76. The zero-order valence-corrected chi connectivity index (χ0v) is 11.3. The lowest BCUT2D eigenvalue weighted by molar-refractivity contribution is 0.374. The van der Waals surface area contributed by atoms with Crippen molar-refractivity contribution in [1.29, 1.82) is 5.26 Å². The van der Waals surface area contributed by atoms with E-state index in [9.17, 15) is 8.78 Å². The van der Waals surface area contributed by atoms with Gasteiger partial charge in [-0.3, -0.25) is 0 Å². The maximum atomic E-state index is 13.1. The minimum absolute atomic E-state index is 0.224. The van der Waals surface area contributed by atoms with Crippen LogP contribution in [0.4, 0.5) is 14.5 Å². The number of halogens is 2. The van der Waals surface area contributed by atoms with Crippen molar-refractivity contribution in [3.8, 4) is 6.07 Å². The van der Waals surface area contributed by atoms with Crippen molar-refractivity contribution in [1.82, 2.24) is 0 Å². The summed E-state index contributed by atoms with van der Waals surface area (Å²) in [7, 11) is 0. The maximum Gasteiger partial charge on any atom is 0.124 e. The molecule has 0 heterocycles. The molecule has 0 aliphatic heterocycles. The second kappa shape index (κ2) is 5.53. The molecule has 0 radical (unpaired) electrons. The van der Waals surface area contributed by atoms with E-state index in [4.69, 9.17) is 5.26 Å². The summed E-state index contributed by atoms with van der Waals surface area (Å²) in [6.45, 7) is 0. The third kappa shape index (κ3) is 2.87. The van der Waals surface area contributed by atoms with Gasteiger partial charge in [-0.25, -0.2) is 8.78 Å². The van der Waals surface area contributed by atoms with Crippen molar-refractivity contribution in [2.45, 2.75) is 24.8 Å². The van der Waals surface area contributed by atoms with Gasteiger partial charge in [-0.1, -0.05) is 12.1 Å². The van der Waals surface area contributed by atoms with E-state index in [2.05, 4.69) is 5.32 Å². The maximum absolute atomic E-state index is 13.1. The summed E-state index contributed by atoms with van der Waals surface area (Å²) in [4.78, 5) is 0. The fraction of sp³-hybridized carbons (Fsp3) is 0.235. The molecule has 0 saturated heterocycles. The van der Waals surface area contributed by atoms with Gasteiger partial charge in [-0.2, -0.15) is 5.26 Å². The van der Waals surface area contributed by atoms with Crippen LogP contribution in [0, 0.1) is 23.0 Å². The van der Waals surface area contributed by atoms with E-state index in [1.807, 2.05) is 18.2 Å². The van der Waals surface area contributed by atoms with Crippen LogP contribution in [-0.4, -0.2) is 6.04 Å². The highest BCUT2D eigenvalue weighted by Crippen LogP contribution is 2.38. The molecule has 0 amide bonds. The summed E-state index contributed by atoms with van der Waals surface area (Å²) < 4.78 is 26.0. The topological polar surface area (TPSA) is 35.8 Å². The average molecular weight is 284 g/mol. The third-order valence-electron chi connectivity index (χ3n) is 3.94. The molecular weight excluding hydrogens is 270 g/mol. The van der Waals surface area contributed by atoms with Crippen molar-refractivity contribution in [3.63, 3.8) is 0 Å². The monoisotopic (exact) mass is 284 g/mol.